The van der Waals surface area contributed by atoms with Crippen molar-refractivity contribution in [2.75, 3.05) is 6.61 Å². The summed E-state index contributed by atoms with van der Waals surface area (Å²) in [6, 6.07) is 8.70. The largest absolute Gasteiger partial charge is 0.378 e. The van der Waals surface area contributed by atoms with Crippen LogP contribution in [0.2, 0.25) is 0 Å². The molecule has 0 N–H and O–H groups in total. The van der Waals surface area contributed by atoms with E-state index in [1.54, 1.807) is 0 Å². The number of aryl methyl sites for hydroxylation is 1. The smallest absolute Gasteiger partial charge is 0.0616 e. The van der Waals surface area contributed by atoms with E-state index < -0.39 is 0 Å². The van der Waals surface area contributed by atoms with Gasteiger partial charge in [0, 0.05) is 6.61 Å². The highest BCUT2D eigenvalue weighted by atomic mass is 16.5. The van der Waals surface area contributed by atoms with Crippen LogP contribution in [0.4, 0.5) is 0 Å². The van der Waals surface area contributed by atoms with Crippen molar-refractivity contribution in [3.05, 3.63) is 35.4 Å². The molecule has 1 fully saturated rings. The van der Waals surface area contributed by atoms with Gasteiger partial charge in [-0.2, -0.15) is 0 Å². The molecule has 1 nitrogen and oxygen atoms in total. The topological polar surface area (TPSA) is 9.23 Å². The normalized spacial score (nSPS) is 22.1. The van der Waals surface area contributed by atoms with Crippen LogP contribution in [0.25, 0.3) is 0 Å². The molecule has 1 aromatic rings. The van der Waals surface area contributed by atoms with Crippen molar-refractivity contribution in [1.29, 1.82) is 0 Å². The maximum Gasteiger partial charge on any atom is 0.0616 e. The standard InChI is InChI=1S/C12H16O/c1-10-4-2-5-11(8-10)9-12-6-3-7-13-12/h2,4-5,8,12H,3,6-7,9H2,1H3. The lowest BCUT2D eigenvalue weighted by Crippen LogP contribution is -2.08. The van der Waals surface area contributed by atoms with Gasteiger partial charge in [-0.15, -0.1) is 0 Å². The number of rotatable bonds is 2. The van der Waals surface area contributed by atoms with Gasteiger partial charge in [-0.3, -0.25) is 0 Å². The third-order valence-corrected chi connectivity index (χ3v) is 2.57. The van der Waals surface area contributed by atoms with E-state index in [1.807, 2.05) is 0 Å². The third-order valence-electron chi connectivity index (χ3n) is 2.57. The maximum absolute atomic E-state index is 5.60. The van der Waals surface area contributed by atoms with Gasteiger partial charge < -0.3 is 4.74 Å². The number of hydrogen-bond donors (Lipinski definition) is 0. The first-order valence-corrected chi connectivity index (χ1v) is 5.02. The van der Waals surface area contributed by atoms with E-state index >= 15 is 0 Å². The summed E-state index contributed by atoms with van der Waals surface area (Å²) in [5.41, 5.74) is 2.75. The molecule has 0 aliphatic carbocycles. The van der Waals surface area contributed by atoms with Gasteiger partial charge in [0.1, 0.15) is 0 Å². The van der Waals surface area contributed by atoms with Gasteiger partial charge in [0.15, 0.2) is 0 Å². The van der Waals surface area contributed by atoms with Crippen molar-refractivity contribution in [3.63, 3.8) is 0 Å². The highest BCUT2D eigenvalue weighted by Crippen LogP contribution is 2.17. The van der Waals surface area contributed by atoms with Crippen LogP contribution in [0.3, 0.4) is 0 Å². The van der Waals surface area contributed by atoms with Crippen LogP contribution in [0.15, 0.2) is 24.3 Å². The van der Waals surface area contributed by atoms with Crippen LogP contribution >= 0.6 is 0 Å². The van der Waals surface area contributed by atoms with Crippen LogP contribution in [0, 0.1) is 6.92 Å². The van der Waals surface area contributed by atoms with Crippen molar-refractivity contribution < 1.29 is 4.74 Å². The molecule has 1 aromatic carbocycles. The average molecular weight is 176 g/mol. The van der Waals surface area contributed by atoms with Crippen LogP contribution in [0.5, 0.6) is 0 Å². The monoisotopic (exact) mass is 176 g/mol. The lowest BCUT2D eigenvalue weighted by molar-refractivity contribution is 0.111. The highest BCUT2D eigenvalue weighted by Gasteiger charge is 2.15. The molecule has 1 atom stereocenters. The predicted molar refractivity (Wildman–Crippen MR) is 53.9 cm³/mol. The van der Waals surface area contributed by atoms with E-state index in [0.717, 1.165) is 13.0 Å². The molecule has 1 aliphatic heterocycles. The first-order chi connectivity index (χ1) is 6.34. The van der Waals surface area contributed by atoms with Crippen molar-refractivity contribution in [2.45, 2.75) is 32.3 Å². The van der Waals surface area contributed by atoms with E-state index in [0.29, 0.717) is 6.10 Å². The average Bonchev–Trinajstić information content (AvgIpc) is 2.57. The summed E-state index contributed by atoms with van der Waals surface area (Å²) in [5, 5.41) is 0. The zero-order valence-corrected chi connectivity index (χ0v) is 8.12. The Morgan fingerprint density at radius 1 is 1.46 bits per heavy atom. The summed E-state index contributed by atoms with van der Waals surface area (Å²) in [4.78, 5) is 0. The fourth-order valence-electron chi connectivity index (χ4n) is 1.91. The molecule has 0 spiro atoms. The Labute approximate surface area is 79.7 Å². The van der Waals surface area contributed by atoms with Crippen LogP contribution in [-0.2, 0) is 11.2 Å². The van der Waals surface area contributed by atoms with Gasteiger partial charge in [-0.1, -0.05) is 29.8 Å². The van der Waals surface area contributed by atoms with Crippen LogP contribution < -0.4 is 0 Å². The van der Waals surface area contributed by atoms with Crippen molar-refractivity contribution >= 4 is 0 Å². The van der Waals surface area contributed by atoms with Gasteiger partial charge in [0.05, 0.1) is 6.10 Å². The first kappa shape index (κ1) is 8.76. The lowest BCUT2D eigenvalue weighted by Gasteiger charge is -2.09. The van der Waals surface area contributed by atoms with Gasteiger partial charge >= 0.3 is 0 Å². The third kappa shape index (κ3) is 2.31. The second kappa shape index (κ2) is 3.93. The molecule has 1 aliphatic rings. The molecule has 0 saturated carbocycles. The van der Waals surface area contributed by atoms with Crippen molar-refractivity contribution in [2.24, 2.45) is 0 Å². The Kier molecular flexibility index (Phi) is 2.65. The van der Waals surface area contributed by atoms with Crippen LogP contribution in [0.1, 0.15) is 24.0 Å². The highest BCUT2D eigenvalue weighted by molar-refractivity contribution is 5.22. The minimum atomic E-state index is 0.474. The molecule has 1 heterocycles. The molecule has 2 rings (SSSR count). The van der Waals surface area contributed by atoms with Gasteiger partial charge in [0.2, 0.25) is 0 Å². The van der Waals surface area contributed by atoms with E-state index in [9.17, 15) is 0 Å². The molecular weight excluding hydrogens is 160 g/mol. The van der Waals surface area contributed by atoms with Gasteiger partial charge in [0.25, 0.3) is 0 Å². The molecule has 13 heavy (non-hydrogen) atoms. The Morgan fingerprint density at radius 3 is 3.08 bits per heavy atom. The van der Waals surface area contributed by atoms with Gasteiger partial charge in [-0.05, 0) is 31.7 Å². The number of hydrogen-bond acceptors (Lipinski definition) is 1. The molecule has 0 aromatic heterocycles. The SMILES string of the molecule is Cc1cccc(CC2CCCO2)c1. The molecular formula is C12H16O. The van der Waals surface area contributed by atoms with E-state index in [1.165, 1.54) is 24.0 Å². The van der Waals surface area contributed by atoms with Gasteiger partial charge in [-0.25, -0.2) is 0 Å². The first-order valence-electron chi connectivity index (χ1n) is 5.02. The Bertz CT molecular complexity index is 274. The summed E-state index contributed by atoms with van der Waals surface area (Å²) < 4.78 is 5.60. The van der Waals surface area contributed by atoms with E-state index in [2.05, 4.69) is 31.2 Å². The molecule has 1 unspecified atom stereocenters. The fraction of sp³-hybridized carbons (Fsp3) is 0.500. The number of ether oxygens (including phenoxy) is 1. The minimum Gasteiger partial charge on any atom is -0.378 e. The molecule has 70 valence electrons. The summed E-state index contributed by atoms with van der Waals surface area (Å²) in [6.45, 7) is 3.09. The second-order valence-electron chi connectivity index (χ2n) is 3.83. The maximum atomic E-state index is 5.60. The quantitative estimate of drug-likeness (QED) is 0.673. The summed E-state index contributed by atoms with van der Waals surface area (Å²) in [6.07, 6.45) is 4.02. The lowest BCUT2D eigenvalue weighted by atomic mass is 10.0. The zero-order chi connectivity index (χ0) is 9.10. The summed E-state index contributed by atoms with van der Waals surface area (Å²) in [7, 11) is 0. The van der Waals surface area contributed by atoms with E-state index in [4.69, 9.17) is 4.74 Å². The summed E-state index contributed by atoms with van der Waals surface area (Å²) >= 11 is 0. The predicted octanol–water partition coefficient (Wildman–Crippen LogP) is 2.72. The second-order valence-corrected chi connectivity index (χ2v) is 3.83. The number of benzene rings is 1. The fourth-order valence-corrected chi connectivity index (χ4v) is 1.91. The Hall–Kier alpha value is -0.820. The van der Waals surface area contributed by atoms with Crippen molar-refractivity contribution in [1.82, 2.24) is 0 Å². The molecule has 1 saturated heterocycles. The molecule has 1 heteroatoms. The van der Waals surface area contributed by atoms with Crippen LogP contribution in [-0.4, -0.2) is 12.7 Å². The Balaban J connectivity index is 2.00. The molecule has 0 amide bonds. The molecule has 0 radical (unpaired) electrons. The van der Waals surface area contributed by atoms with E-state index in [-0.39, 0.29) is 0 Å². The molecule has 0 bridgehead atoms. The Morgan fingerprint density at radius 2 is 2.38 bits per heavy atom. The van der Waals surface area contributed by atoms with Crippen molar-refractivity contribution in [3.8, 4) is 0 Å². The summed E-state index contributed by atoms with van der Waals surface area (Å²) in [5.74, 6) is 0. The minimum absolute atomic E-state index is 0.474. The zero-order valence-electron chi connectivity index (χ0n) is 8.12.